The number of hydrogen-bond donors (Lipinski definition) is 1. The number of fused-ring (bicyclic) bond motifs is 1. The summed E-state index contributed by atoms with van der Waals surface area (Å²) in [5.41, 5.74) is 0.763. The maximum Gasteiger partial charge on any atom is 0.263 e. The highest BCUT2D eigenvalue weighted by Crippen LogP contribution is 2.30. The molecular formula is C18H19N7O3. The van der Waals surface area contributed by atoms with Crippen molar-refractivity contribution in [2.45, 2.75) is 32.7 Å². The number of pyridine rings is 1. The Hall–Kier alpha value is -3.56. The van der Waals surface area contributed by atoms with Crippen LogP contribution in [0.2, 0.25) is 0 Å². The van der Waals surface area contributed by atoms with E-state index in [1.54, 1.807) is 12.1 Å². The monoisotopic (exact) mass is 381 g/mol. The van der Waals surface area contributed by atoms with Gasteiger partial charge in [0.25, 0.3) is 5.91 Å². The first kappa shape index (κ1) is 17.8. The van der Waals surface area contributed by atoms with Gasteiger partial charge in [-0.05, 0) is 25.5 Å². The van der Waals surface area contributed by atoms with Gasteiger partial charge in [-0.2, -0.15) is 0 Å². The zero-order valence-electron chi connectivity index (χ0n) is 15.7. The molecule has 28 heavy (non-hydrogen) atoms. The first-order chi connectivity index (χ1) is 13.5. The lowest BCUT2D eigenvalue weighted by molar-refractivity contribution is 0.0919. The van der Waals surface area contributed by atoms with E-state index in [4.69, 9.17) is 4.74 Å². The molecule has 0 aromatic carbocycles. The van der Waals surface area contributed by atoms with E-state index >= 15 is 0 Å². The highest BCUT2D eigenvalue weighted by Gasteiger charge is 2.25. The average molecular weight is 381 g/mol. The van der Waals surface area contributed by atoms with Crippen LogP contribution in [0.15, 0.2) is 24.4 Å². The number of nitrogens with one attached hydrogen (secondary N) is 1. The Morgan fingerprint density at radius 3 is 2.86 bits per heavy atom. The smallest absolute Gasteiger partial charge is 0.263 e. The summed E-state index contributed by atoms with van der Waals surface area (Å²) in [7, 11) is 1.38. The average Bonchev–Trinajstić information content (AvgIpc) is 3.38. The van der Waals surface area contributed by atoms with Crippen molar-refractivity contribution < 1.29 is 14.3 Å². The van der Waals surface area contributed by atoms with Gasteiger partial charge in [-0.3, -0.25) is 9.59 Å². The van der Waals surface area contributed by atoms with Crippen molar-refractivity contribution in [3.05, 3.63) is 35.8 Å². The van der Waals surface area contributed by atoms with Crippen LogP contribution in [0.5, 0.6) is 5.88 Å². The maximum absolute atomic E-state index is 12.6. The highest BCUT2D eigenvalue weighted by atomic mass is 16.5. The predicted molar refractivity (Wildman–Crippen MR) is 99.3 cm³/mol. The number of hydrogen-bond acceptors (Lipinski definition) is 7. The molecule has 1 atom stereocenters. The molecule has 0 saturated carbocycles. The Morgan fingerprint density at radius 1 is 1.29 bits per heavy atom. The lowest BCUT2D eigenvalue weighted by atomic mass is 10.2. The van der Waals surface area contributed by atoms with Gasteiger partial charge in [-0.15, -0.1) is 15.3 Å². The first-order valence-corrected chi connectivity index (χ1v) is 8.85. The van der Waals surface area contributed by atoms with E-state index in [0.29, 0.717) is 23.4 Å². The molecule has 0 unspecified atom stereocenters. The molecule has 4 heterocycles. The summed E-state index contributed by atoms with van der Waals surface area (Å²) in [6, 6.07) is 5.59. The predicted octanol–water partition coefficient (Wildman–Crippen LogP) is 1.96. The summed E-state index contributed by atoms with van der Waals surface area (Å²) in [6.07, 6.45) is 3.24. The van der Waals surface area contributed by atoms with Gasteiger partial charge in [0, 0.05) is 19.4 Å². The molecule has 1 aliphatic heterocycles. The summed E-state index contributed by atoms with van der Waals surface area (Å²) in [5, 5.41) is 15.1. The van der Waals surface area contributed by atoms with Gasteiger partial charge >= 0.3 is 0 Å². The quantitative estimate of drug-likeness (QED) is 0.734. The van der Waals surface area contributed by atoms with Gasteiger partial charge in [-0.1, -0.05) is 6.07 Å². The normalized spacial score (nSPS) is 15.3. The van der Waals surface area contributed by atoms with Crippen molar-refractivity contribution in [1.82, 2.24) is 29.5 Å². The van der Waals surface area contributed by atoms with Gasteiger partial charge in [-0.25, -0.2) is 9.67 Å². The van der Waals surface area contributed by atoms with Crippen LogP contribution in [-0.4, -0.2) is 48.5 Å². The second kappa shape index (κ2) is 6.87. The van der Waals surface area contributed by atoms with Crippen molar-refractivity contribution in [2.75, 3.05) is 12.4 Å². The van der Waals surface area contributed by atoms with Gasteiger partial charge in [0.05, 0.1) is 13.3 Å². The summed E-state index contributed by atoms with van der Waals surface area (Å²) in [5.74, 6) is 1.23. The molecular weight excluding hydrogens is 362 g/mol. The van der Waals surface area contributed by atoms with Crippen molar-refractivity contribution in [3.8, 4) is 17.4 Å². The number of carbonyl (C=O) groups is 2. The van der Waals surface area contributed by atoms with E-state index in [9.17, 15) is 9.59 Å². The number of aromatic nitrogens is 6. The minimum atomic E-state index is -0.478. The maximum atomic E-state index is 12.6. The minimum Gasteiger partial charge on any atom is -0.479 e. The van der Waals surface area contributed by atoms with Crippen LogP contribution in [0.1, 0.15) is 47.3 Å². The minimum absolute atomic E-state index is 0.0629. The second-order valence-corrected chi connectivity index (χ2v) is 6.58. The molecule has 10 nitrogen and oxygen atoms in total. The van der Waals surface area contributed by atoms with E-state index in [1.807, 2.05) is 6.07 Å². The van der Waals surface area contributed by atoms with Crippen LogP contribution in [-0.2, 0) is 6.42 Å². The third-order valence-corrected chi connectivity index (χ3v) is 4.65. The first-order valence-electron chi connectivity index (χ1n) is 8.85. The van der Waals surface area contributed by atoms with Crippen LogP contribution in [0, 0.1) is 0 Å². The van der Waals surface area contributed by atoms with E-state index < -0.39 is 5.91 Å². The van der Waals surface area contributed by atoms with E-state index in [2.05, 4.69) is 37.1 Å². The van der Waals surface area contributed by atoms with Crippen LogP contribution in [0.4, 0.5) is 5.82 Å². The van der Waals surface area contributed by atoms with Gasteiger partial charge < -0.3 is 14.6 Å². The van der Waals surface area contributed by atoms with Crippen molar-refractivity contribution in [3.63, 3.8) is 0 Å². The molecule has 0 saturated heterocycles. The molecule has 0 bridgehead atoms. The largest absolute Gasteiger partial charge is 0.479 e. The molecule has 10 heteroatoms. The number of anilines is 1. The summed E-state index contributed by atoms with van der Waals surface area (Å²) in [6.45, 7) is 3.46. The van der Waals surface area contributed by atoms with Crippen LogP contribution in [0.25, 0.3) is 11.5 Å². The number of methoxy groups -OCH3 is 1. The molecule has 0 aliphatic carbocycles. The zero-order valence-corrected chi connectivity index (χ0v) is 15.7. The zero-order chi connectivity index (χ0) is 19.8. The van der Waals surface area contributed by atoms with Crippen molar-refractivity contribution in [2.24, 2.45) is 0 Å². The van der Waals surface area contributed by atoms with Gasteiger partial charge in [0.15, 0.2) is 5.82 Å². The third-order valence-electron chi connectivity index (χ3n) is 4.65. The molecule has 144 valence electrons. The number of amides is 1. The lowest BCUT2D eigenvalue weighted by Gasteiger charge is -2.10. The Labute approximate surface area is 160 Å². The molecule has 1 N–H and O–H groups in total. The van der Waals surface area contributed by atoms with E-state index in [-0.39, 0.29) is 17.4 Å². The third kappa shape index (κ3) is 3.02. The number of aryl methyl sites for hydroxylation is 1. The second-order valence-electron chi connectivity index (χ2n) is 6.58. The fourth-order valence-corrected chi connectivity index (χ4v) is 3.24. The SMILES string of the molecule is COc1nn(C(C)=O)cc1C(=O)Nc1cccc(-c2nnc3n2[C@@H](C)CC3)n1. The summed E-state index contributed by atoms with van der Waals surface area (Å²) < 4.78 is 8.22. The van der Waals surface area contributed by atoms with E-state index in [0.717, 1.165) is 23.3 Å². The molecule has 1 amide bonds. The van der Waals surface area contributed by atoms with Crippen LogP contribution >= 0.6 is 0 Å². The van der Waals surface area contributed by atoms with E-state index in [1.165, 1.54) is 20.2 Å². The fraction of sp³-hybridized carbons (Fsp3) is 0.333. The Morgan fingerprint density at radius 2 is 2.11 bits per heavy atom. The van der Waals surface area contributed by atoms with Crippen LogP contribution < -0.4 is 10.1 Å². The molecule has 1 aliphatic rings. The number of ether oxygens (including phenoxy) is 1. The number of nitrogens with zero attached hydrogens (tertiary/aromatic N) is 6. The Kier molecular flexibility index (Phi) is 4.38. The molecule has 0 fully saturated rings. The topological polar surface area (TPSA) is 117 Å². The standard InChI is InChI=1S/C18H19N7O3/c1-10-7-8-15-21-22-16(25(10)15)13-5-4-6-14(19-13)20-17(27)12-9-24(11(2)26)23-18(12)28-3/h4-6,9-10H,7-8H2,1-3H3,(H,19,20,27)/t10-/m0/s1. The molecule has 0 spiro atoms. The van der Waals surface area contributed by atoms with Gasteiger partial charge in [0.2, 0.25) is 11.8 Å². The lowest BCUT2D eigenvalue weighted by Crippen LogP contribution is -2.14. The molecule has 4 rings (SSSR count). The number of rotatable bonds is 4. The summed E-state index contributed by atoms with van der Waals surface area (Å²) >= 11 is 0. The summed E-state index contributed by atoms with van der Waals surface area (Å²) in [4.78, 5) is 28.6. The molecule has 0 radical (unpaired) electrons. The van der Waals surface area contributed by atoms with Crippen molar-refractivity contribution >= 4 is 17.6 Å². The molecule has 3 aromatic heterocycles. The highest BCUT2D eigenvalue weighted by molar-refractivity contribution is 6.05. The molecule has 3 aromatic rings. The van der Waals surface area contributed by atoms with Crippen LogP contribution in [0.3, 0.4) is 0 Å². The van der Waals surface area contributed by atoms with Crippen molar-refractivity contribution in [1.29, 1.82) is 0 Å². The van der Waals surface area contributed by atoms with Gasteiger partial charge in [0.1, 0.15) is 22.9 Å². The Bertz CT molecular complexity index is 1070. The number of carbonyl (C=O) groups excluding carboxylic acids is 2. The fourth-order valence-electron chi connectivity index (χ4n) is 3.24. The Balaban J connectivity index is 1.61.